The summed E-state index contributed by atoms with van der Waals surface area (Å²) < 4.78 is 10.6. The first kappa shape index (κ1) is 27.5. The summed E-state index contributed by atoms with van der Waals surface area (Å²) in [6.07, 6.45) is 2.91. The van der Waals surface area contributed by atoms with Crippen LogP contribution in [-0.4, -0.2) is 47.5 Å². The number of allylic oxidation sites excluding steroid dienone is 2. The van der Waals surface area contributed by atoms with Gasteiger partial charge in [0, 0.05) is 35.9 Å². The maximum absolute atomic E-state index is 13.3. The van der Waals surface area contributed by atoms with E-state index in [-0.39, 0.29) is 48.9 Å². The van der Waals surface area contributed by atoms with E-state index in [4.69, 9.17) is 14.7 Å². The first-order chi connectivity index (χ1) is 18.2. The van der Waals surface area contributed by atoms with E-state index in [1.54, 1.807) is 32.0 Å². The molecule has 12 heteroatoms. The molecular weight excluding hydrogens is 494 g/mol. The number of nitriles is 1. The van der Waals surface area contributed by atoms with Gasteiger partial charge >= 0.3 is 11.9 Å². The highest BCUT2D eigenvalue weighted by Crippen LogP contribution is 2.40. The smallest absolute Gasteiger partial charge is 0.336 e. The van der Waals surface area contributed by atoms with E-state index in [1.165, 1.54) is 30.6 Å². The number of benzene rings is 1. The number of rotatable bonds is 10. The molecule has 3 rings (SSSR count). The highest BCUT2D eigenvalue weighted by atomic mass is 16.6. The zero-order chi connectivity index (χ0) is 27.7. The topological polar surface area (TPSA) is 174 Å². The fourth-order valence-electron chi connectivity index (χ4n) is 3.94. The number of aromatic nitrogens is 1. The van der Waals surface area contributed by atoms with E-state index >= 15 is 0 Å². The molecule has 1 unspecified atom stereocenters. The molecule has 196 valence electrons. The molecular formula is C26H25N5O7. The molecule has 1 atom stereocenters. The lowest BCUT2D eigenvalue weighted by Crippen LogP contribution is -2.34. The van der Waals surface area contributed by atoms with Crippen molar-refractivity contribution < 1.29 is 28.8 Å². The van der Waals surface area contributed by atoms with Gasteiger partial charge in [0.05, 0.1) is 46.6 Å². The lowest BCUT2D eigenvalue weighted by molar-refractivity contribution is -0.384. The molecule has 0 fully saturated rings. The van der Waals surface area contributed by atoms with Crippen LogP contribution in [-0.2, 0) is 19.1 Å². The molecule has 0 saturated carbocycles. The molecule has 1 aromatic carbocycles. The van der Waals surface area contributed by atoms with Gasteiger partial charge < -0.3 is 20.1 Å². The van der Waals surface area contributed by atoms with E-state index in [0.29, 0.717) is 22.5 Å². The third-order valence-corrected chi connectivity index (χ3v) is 5.61. The number of nitrogens with one attached hydrogen (secondary N) is 2. The molecule has 1 aliphatic rings. The fraction of sp³-hybridized carbons (Fsp3) is 0.269. The summed E-state index contributed by atoms with van der Waals surface area (Å²) in [6, 6.07) is 10.7. The van der Waals surface area contributed by atoms with Gasteiger partial charge in [-0.1, -0.05) is 12.1 Å². The van der Waals surface area contributed by atoms with Crippen LogP contribution in [0.25, 0.3) is 0 Å². The van der Waals surface area contributed by atoms with Crippen molar-refractivity contribution >= 4 is 23.5 Å². The number of hydrogen-bond donors (Lipinski definition) is 2. The van der Waals surface area contributed by atoms with Crippen molar-refractivity contribution in [3.05, 3.63) is 92.6 Å². The maximum Gasteiger partial charge on any atom is 0.336 e. The number of dihydropyridines is 1. The average Bonchev–Trinajstić information content (AvgIpc) is 2.91. The van der Waals surface area contributed by atoms with Gasteiger partial charge in [-0.05, 0) is 31.5 Å². The summed E-state index contributed by atoms with van der Waals surface area (Å²) in [5, 5.41) is 25.8. The zero-order valence-electron chi connectivity index (χ0n) is 20.7. The number of esters is 2. The Bertz CT molecular complexity index is 1350. The molecule has 38 heavy (non-hydrogen) atoms. The Morgan fingerprint density at radius 2 is 1.79 bits per heavy atom. The van der Waals surface area contributed by atoms with Crippen LogP contribution in [0.4, 0.5) is 5.69 Å². The van der Waals surface area contributed by atoms with Gasteiger partial charge in [0.1, 0.15) is 13.2 Å². The molecule has 2 aromatic rings. The SMILES string of the molecule is CC1=C(C(=O)OCCC#N)C(c2cccc([N+](=O)[O-])c2)C(C(=O)OCCNC(=O)c2cccnc2)=C(C)N1. The van der Waals surface area contributed by atoms with Crippen molar-refractivity contribution in [1.29, 1.82) is 5.26 Å². The normalized spacial score (nSPS) is 14.7. The second kappa shape index (κ2) is 12.8. The third kappa shape index (κ3) is 6.58. The summed E-state index contributed by atoms with van der Waals surface area (Å²) in [7, 11) is 0. The van der Waals surface area contributed by atoms with Gasteiger partial charge in [-0.3, -0.25) is 19.9 Å². The lowest BCUT2D eigenvalue weighted by atomic mass is 9.80. The molecule has 1 amide bonds. The third-order valence-electron chi connectivity index (χ3n) is 5.61. The Kier molecular flexibility index (Phi) is 9.26. The zero-order valence-corrected chi connectivity index (χ0v) is 20.7. The van der Waals surface area contributed by atoms with Gasteiger partial charge in [0.25, 0.3) is 11.6 Å². The van der Waals surface area contributed by atoms with Gasteiger partial charge in [0.2, 0.25) is 0 Å². The van der Waals surface area contributed by atoms with E-state index in [1.807, 2.05) is 6.07 Å². The minimum absolute atomic E-state index is 0.0125. The number of carbonyl (C=O) groups excluding carboxylic acids is 3. The van der Waals surface area contributed by atoms with Crippen LogP contribution in [0.3, 0.4) is 0 Å². The van der Waals surface area contributed by atoms with Gasteiger partial charge in [-0.2, -0.15) is 5.26 Å². The quantitative estimate of drug-likeness (QED) is 0.205. The van der Waals surface area contributed by atoms with Crippen LogP contribution in [0.5, 0.6) is 0 Å². The second-order valence-corrected chi connectivity index (χ2v) is 8.17. The standard InChI is InChI=1S/C26H25N5O7/c1-16-21(25(33)37-12-5-9-27)23(18-6-3-8-20(14-18)31(35)36)22(17(2)30-16)26(34)38-13-11-29-24(32)19-7-4-10-28-15-19/h3-4,6-8,10,14-15,23,30H,5,11-13H2,1-2H3,(H,29,32). The number of amides is 1. The van der Waals surface area contributed by atoms with Crippen molar-refractivity contribution in [2.24, 2.45) is 0 Å². The van der Waals surface area contributed by atoms with E-state index < -0.39 is 22.8 Å². The molecule has 0 aliphatic carbocycles. The molecule has 12 nitrogen and oxygen atoms in total. The minimum Gasteiger partial charge on any atom is -0.461 e. The van der Waals surface area contributed by atoms with Crippen molar-refractivity contribution in [3.63, 3.8) is 0 Å². The van der Waals surface area contributed by atoms with Crippen molar-refractivity contribution in [2.75, 3.05) is 19.8 Å². The maximum atomic E-state index is 13.3. The van der Waals surface area contributed by atoms with Gasteiger partial charge in [-0.15, -0.1) is 0 Å². The molecule has 0 radical (unpaired) electrons. The van der Waals surface area contributed by atoms with E-state index in [0.717, 1.165) is 0 Å². The van der Waals surface area contributed by atoms with Crippen LogP contribution in [0.15, 0.2) is 71.3 Å². The monoisotopic (exact) mass is 519 g/mol. The number of nitro groups is 1. The molecule has 0 spiro atoms. The Hall–Kier alpha value is -5.05. The molecule has 2 heterocycles. The molecule has 0 bridgehead atoms. The Morgan fingerprint density at radius 1 is 1.11 bits per heavy atom. The molecule has 1 aliphatic heterocycles. The number of pyridine rings is 1. The van der Waals surface area contributed by atoms with Crippen LogP contribution in [0.1, 0.15) is 42.1 Å². The predicted octanol–water partition coefficient (Wildman–Crippen LogP) is 2.65. The van der Waals surface area contributed by atoms with Crippen LogP contribution >= 0.6 is 0 Å². The Balaban J connectivity index is 1.85. The minimum atomic E-state index is -1.04. The number of nitrogens with zero attached hydrogens (tertiary/aromatic N) is 3. The summed E-state index contributed by atoms with van der Waals surface area (Å²) in [6.45, 7) is 2.91. The summed E-state index contributed by atoms with van der Waals surface area (Å²) in [5.41, 5.74) is 1.33. The van der Waals surface area contributed by atoms with Crippen LogP contribution in [0, 0.1) is 21.4 Å². The van der Waals surface area contributed by atoms with E-state index in [2.05, 4.69) is 15.6 Å². The first-order valence-electron chi connectivity index (χ1n) is 11.6. The van der Waals surface area contributed by atoms with Crippen molar-refractivity contribution in [3.8, 4) is 6.07 Å². The highest BCUT2D eigenvalue weighted by molar-refractivity contribution is 6.00. The van der Waals surface area contributed by atoms with E-state index in [9.17, 15) is 24.5 Å². The van der Waals surface area contributed by atoms with Crippen LogP contribution < -0.4 is 10.6 Å². The first-order valence-corrected chi connectivity index (χ1v) is 11.6. The van der Waals surface area contributed by atoms with Gasteiger partial charge in [-0.25, -0.2) is 9.59 Å². The van der Waals surface area contributed by atoms with Gasteiger partial charge in [0.15, 0.2) is 0 Å². The van der Waals surface area contributed by atoms with Crippen molar-refractivity contribution in [2.45, 2.75) is 26.2 Å². The molecule has 1 aromatic heterocycles. The molecule has 2 N–H and O–H groups in total. The Labute approximate surface area is 218 Å². The largest absolute Gasteiger partial charge is 0.461 e. The van der Waals surface area contributed by atoms with Crippen LogP contribution in [0.2, 0.25) is 0 Å². The number of nitro benzene ring substituents is 1. The fourth-order valence-corrected chi connectivity index (χ4v) is 3.94. The number of non-ortho nitro benzene ring substituents is 1. The molecule has 0 saturated heterocycles. The summed E-state index contributed by atoms with van der Waals surface area (Å²) >= 11 is 0. The Morgan fingerprint density at radius 3 is 2.39 bits per heavy atom. The summed E-state index contributed by atoms with van der Waals surface area (Å²) in [4.78, 5) is 53.2. The van der Waals surface area contributed by atoms with Crippen molar-refractivity contribution in [1.82, 2.24) is 15.6 Å². The lowest BCUT2D eigenvalue weighted by Gasteiger charge is -2.30. The predicted molar refractivity (Wildman–Crippen MR) is 133 cm³/mol. The number of hydrogen-bond acceptors (Lipinski definition) is 10. The average molecular weight is 520 g/mol. The summed E-state index contributed by atoms with van der Waals surface area (Å²) in [5.74, 6) is -2.98. The number of carbonyl (C=O) groups is 3. The highest BCUT2D eigenvalue weighted by Gasteiger charge is 2.38. The second-order valence-electron chi connectivity index (χ2n) is 8.17. The number of ether oxygens (including phenoxy) is 2.